The molecule has 0 bridgehead atoms. The number of hydrogen-bond donors (Lipinski definition) is 2. The molecule has 4 aromatic rings. The van der Waals surface area contributed by atoms with Gasteiger partial charge in [0.25, 0.3) is 0 Å². The molecule has 10 heteroatoms. The first-order valence-corrected chi connectivity index (χ1v) is 14.6. The van der Waals surface area contributed by atoms with Gasteiger partial charge in [-0.1, -0.05) is 30.3 Å². The largest absolute Gasteiger partial charge is 0.497 e. The van der Waals surface area contributed by atoms with Crippen molar-refractivity contribution in [2.75, 3.05) is 43.8 Å². The molecule has 1 aliphatic rings. The van der Waals surface area contributed by atoms with Crippen molar-refractivity contribution in [1.82, 2.24) is 9.97 Å². The monoisotopic (exact) mass is 550 g/mol. The lowest BCUT2D eigenvalue weighted by Gasteiger charge is -2.38. The molecule has 0 unspecified atom stereocenters. The fraction of sp³-hybridized carbons (Fsp3) is 0.310. The fourth-order valence-electron chi connectivity index (χ4n) is 5.03. The highest BCUT2D eigenvalue weighted by Gasteiger charge is 2.34. The van der Waals surface area contributed by atoms with Crippen LogP contribution in [0.2, 0.25) is 0 Å². The van der Waals surface area contributed by atoms with E-state index < -0.39 is 15.7 Å². The number of nitrogens with one attached hydrogen (secondary N) is 2. The van der Waals surface area contributed by atoms with Crippen molar-refractivity contribution in [3.63, 3.8) is 0 Å². The van der Waals surface area contributed by atoms with Crippen LogP contribution in [0.25, 0.3) is 10.9 Å². The van der Waals surface area contributed by atoms with E-state index in [2.05, 4.69) is 27.8 Å². The van der Waals surface area contributed by atoms with Crippen molar-refractivity contribution in [3.8, 4) is 5.75 Å². The van der Waals surface area contributed by atoms with Gasteiger partial charge in [-0.2, -0.15) is 4.98 Å². The summed E-state index contributed by atoms with van der Waals surface area (Å²) in [6, 6.07) is 19.3. The molecule has 0 saturated carbocycles. The van der Waals surface area contributed by atoms with Gasteiger partial charge in [0.15, 0.2) is 9.84 Å². The number of fused-ring (bicyclic) bond motifs is 1. The van der Waals surface area contributed by atoms with E-state index in [0.717, 1.165) is 18.6 Å². The molecule has 2 heterocycles. The SMILES string of the molecule is COc1ccc(C2(CNc3nc(NCc4ccccc4S(C)(=O)=O)nc4cc(F)ccc34)CCOCC2)cc1. The van der Waals surface area contributed by atoms with Gasteiger partial charge in [0, 0.05) is 49.4 Å². The second-order valence-electron chi connectivity index (χ2n) is 9.77. The first kappa shape index (κ1) is 26.8. The minimum Gasteiger partial charge on any atom is -0.497 e. The Bertz CT molecular complexity index is 1570. The van der Waals surface area contributed by atoms with Crippen molar-refractivity contribution in [1.29, 1.82) is 0 Å². The second-order valence-corrected chi connectivity index (χ2v) is 11.7. The highest BCUT2D eigenvalue weighted by Crippen LogP contribution is 2.36. The molecule has 8 nitrogen and oxygen atoms in total. The summed E-state index contributed by atoms with van der Waals surface area (Å²) in [7, 11) is -1.76. The standard InChI is InChI=1S/C29H31FN4O4S/c1-37-23-10-7-21(8-11-23)29(13-15-38-16-14-29)19-32-27-24-12-9-22(30)17-25(24)33-28(34-27)31-18-20-5-3-4-6-26(20)39(2,35)36/h3-12,17H,13-16,18-19H2,1-2H3,(H2,31,32,33,34). The Kier molecular flexibility index (Phi) is 7.67. The van der Waals surface area contributed by atoms with Crippen LogP contribution in [-0.2, 0) is 26.5 Å². The topological polar surface area (TPSA) is 102 Å². The molecule has 1 aliphatic heterocycles. The lowest BCUT2D eigenvalue weighted by molar-refractivity contribution is 0.0543. The first-order chi connectivity index (χ1) is 18.8. The number of methoxy groups -OCH3 is 1. The van der Waals surface area contributed by atoms with Gasteiger partial charge < -0.3 is 20.1 Å². The number of sulfone groups is 1. The Labute approximate surface area is 227 Å². The number of hydrogen-bond acceptors (Lipinski definition) is 8. The van der Waals surface area contributed by atoms with Gasteiger partial charge >= 0.3 is 0 Å². The Morgan fingerprint density at radius 3 is 2.46 bits per heavy atom. The fourth-order valence-corrected chi connectivity index (χ4v) is 5.97. The molecule has 0 aliphatic carbocycles. The van der Waals surface area contributed by atoms with Crippen LogP contribution >= 0.6 is 0 Å². The molecule has 1 aromatic heterocycles. The van der Waals surface area contributed by atoms with Crippen molar-refractivity contribution >= 4 is 32.5 Å². The first-order valence-electron chi connectivity index (χ1n) is 12.7. The van der Waals surface area contributed by atoms with Gasteiger partial charge in [0.1, 0.15) is 17.4 Å². The van der Waals surface area contributed by atoms with Crippen LogP contribution in [0, 0.1) is 5.82 Å². The number of anilines is 2. The molecule has 0 radical (unpaired) electrons. The van der Waals surface area contributed by atoms with Gasteiger partial charge in [-0.25, -0.2) is 17.8 Å². The maximum absolute atomic E-state index is 14.2. The van der Waals surface area contributed by atoms with Crippen molar-refractivity contribution in [3.05, 3.63) is 83.7 Å². The lowest BCUT2D eigenvalue weighted by Crippen LogP contribution is -2.40. The predicted octanol–water partition coefficient (Wildman–Crippen LogP) is 4.95. The summed E-state index contributed by atoms with van der Waals surface area (Å²) in [4.78, 5) is 9.46. The van der Waals surface area contributed by atoms with Gasteiger partial charge in [-0.3, -0.25) is 0 Å². The quantitative estimate of drug-likeness (QED) is 0.302. The molecule has 2 N–H and O–H groups in total. The van der Waals surface area contributed by atoms with Crippen molar-refractivity contribution in [2.45, 2.75) is 29.7 Å². The van der Waals surface area contributed by atoms with E-state index in [0.29, 0.717) is 42.0 Å². The number of halogens is 1. The number of ether oxygens (including phenoxy) is 2. The molecule has 0 amide bonds. The summed E-state index contributed by atoms with van der Waals surface area (Å²) in [5.41, 5.74) is 2.03. The molecule has 1 fully saturated rings. The third-order valence-corrected chi connectivity index (χ3v) is 8.41. The Morgan fingerprint density at radius 2 is 1.74 bits per heavy atom. The minimum absolute atomic E-state index is 0.191. The zero-order valence-electron chi connectivity index (χ0n) is 21.9. The predicted molar refractivity (Wildman–Crippen MR) is 150 cm³/mol. The van der Waals surface area contributed by atoms with Crippen LogP contribution < -0.4 is 15.4 Å². The van der Waals surface area contributed by atoms with Crippen LogP contribution in [-0.4, -0.2) is 51.5 Å². The van der Waals surface area contributed by atoms with Crippen LogP contribution in [0.3, 0.4) is 0 Å². The summed E-state index contributed by atoms with van der Waals surface area (Å²) in [5.74, 6) is 1.23. The van der Waals surface area contributed by atoms with E-state index >= 15 is 0 Å². The minimum atomic E-state index is -3.41. The third-order valence-electron chi connectivity index (χ3n) is 7.21. The lowest BCUT2D eigenvalue weighted by atomic mass is 9.74. The molecule has 39 heavy (non-hydrogen) atoms. The number of rotatable bonds is 9. The number of nitrogens with zero attached hydrogens (tertiary/aromatic N) is 2. The highest BCUT2D eigenvalue weighted by molar-refractivity contribution is 7.90. The third kappa shape index (κ3) is 5.97. The maximum Gasteiger partial charge on any atom is 0.225 e. The summed E-state index contributed by atoms with van der Waals surface area (Å²) in [6.07, 6.45) is 2.84. The molecule has 3 aromatic carbocycles. The van der Waals surface area contributed by atoms with Crippen LogP contribution in [0.5, 0.6) is 5.75 Å². The van der Waals surface area contributed by atoms with E-state index in [9.17, 15) is 12.8 Å². The second kappa shape index (κ2) is 11.2. The Morgan fingerprint density at radius 1 is 1.00 bits per heavy atom. The molecular formula is C29H31FN4O4S. The zero-order valence-corrected chi connectivity index (χ0v) is 22.7. The Hall–Kier alpha value is -3.76. The van der Waals surface area contributed by atoms with E-state index in [-0.39, 0.29) is 22.8 Å². The molecule has 0 spiro atoms. The van der Waals surface area contributed by atoms with Gasteiger partial charge in [0.05, 0.1) is 17.5 Å². The average Bonchev–Trinajstić information content (AvgIpc) is 2.95. The zero-order chi connectivity index (χ0) is 27.5. The van der Waals surface area contributed by atoms with Crippen LogP contribution in [0.4, 0.5) is 16.2 Å². The Balaban J connectivity index is 1.45. The highest BCUT2D eigenvalue weighted by atomic mass is 32.2. The summed E-state index contributed by atoms with van der Waals surface area (Å²) >= 11 is 0. The summed E-state index contributed by atoms with van der Waals surface area (Å²) in [6.45, 7) is 2.07. The molecule has 204 valence electrons. The molecular weight excluding hydrogens is 519 g/mol. The molecule has 1 saturated heterocycles. The van der Waals surface area contributed by atoms with Gasteiger partial charge in [-0.05, 0) is 54.3 Å². The molecule has 0 atom stereocenters. The number of benzene rings is 3. The number of aromatic nitrogens is 2. The van der Waals surface area contributed by atoms with E-state index in [1.807, 2.05) is 12.1 Å². The van der Waals surface area contributed by atoms with E-state index in [4.69, 9.17) is 14.5 Å². The van der Waals surface area contributed by atoms with E-state index in [1.54, 1.807) is 37.4 Å². The van der Waals surface area contributed by atoms with Crippen LogP contribution in [0.15, 0.2) is 71.6 Å². The normalized spacial score (nSPS) is 15.2. The smallest absolute Gasteiger partial charge is 0.225 e. The van der Waals surface area contributed by atoms with Crippen molar-refractivity contribution < 1.29 is 22.3 Å². The molecule has 5 rings (SSSR count). The van der Waals surface area contributed by atoms with Crippen LogP contribution in [0.1, 0.15) is 24.0 Å². The van der Waals surface area contributed by atoms with E-state index in [1.165, 1.54) is 24.0 Å². The van der Waals surface area contributed by atoms with Gasteiger partial charge in [-0.15, -0.1) is 0 Å². The summed E-state index contributed by atoms with van der Waals surface area (Å²) < 4.78 is 49.6. The van der Waals surface area contributed by atoms with Crippen molar-refractivity contribution in [2.24, 2.45) is 0 Å². The maximum atomic E-state index is 14.2. The summed E-state index contributed by atoms with van der Waals surface area (Å²) in [5, 5.41) is 7.35. The van der Waals surface area contributed by atoms with Gasteiger partial charge in [0.2, 0.25) is 5.95 Å². The average molecular weight is 551 g/mol.